The molecular formula is C18H25N5O4. The van der Waals surface area contributed by atoms with Crippen molar-refractivity contribution in [2.45, 2.75) is 45.3 Å². The van der Waals surface area contributed by atoms with E-state index in [1.54, 1.807) is 19.6 Å². The Bertz CT molecular complexity index is 771. The molecule has 1 fully saturated rings. The van der Waals surface area contributed by atoms with Gasteiger partial charge in [-0.1, -0.05) is 19.0 Å². The minimum absolute atomic E-state index is 0.0887. The van der Waals surface area contributed by atoms with E-state index in [0.29, 0.717) is 31.3 Å². The lowest BCUT2D eigenvalue weighted by Crippen LogP contribution is -2.56. The molecule has 27 heavy (non-hydrogen) atoms. The van der Waals surface area contributed by atoms with Gasteiger partial charge < -0.3 is 19.2 Å². The predicted molar refractivity (Wildman–Crippen MR) is 95.4 cm³/mol. The highest BCUT2D eigenvalue weighted by Gasteiger charge is 2.32. The van der Waals surface area contributed by atoms with Crippen molar-refractivity contribution in [2.75, 3.05) is 20.1 Å². The van der Waals surface area contributed by atoms with Crippen LogP contribution in [-0.2, 0) is 22.7 Å². The van der Waals surface area contributed by atoms with Crippen LogP contribution >= 0.6 is 0 Å². The molecule has 9 heteroatoms. The van der Waals surface area contributed by atoms with E-state index in [-0.39, 0.29) is 30.7 Å². The minimum atomic E-state index is -0.516. The Morgan fingerprint density at radius 1 is 1.48 bits per heavy atom. The van der Waals surface area contributed by atoms with Crippen molar-refractivity contribution >= 4 is 11.8 Å². The van der Waals surface area contributed by atoms with Crippen molar-refractivity contribution in [2.24, 2.45) is 0 Å². The topological polar surface area (TPSA) is 105 Å². The lowest BCUT2D eigenvalue weighted by Gasteiger charge is -2.35. The first kappa shape index (κ1) is 19.1. The Kier molecular flexibility index (Phi) is 5.90. The molecule has 2 aromatic heterocycles. The zero-order valence-electron chi connectivity index (χ0n) is 15.8. The third-order valence-corrected chi connectivity index (χ3v) is 4.57. The maximum absolute atomic E-state index is 12.7. The quantitative estimate of drug-likeness (QED) is 0.773. The lowest BCUT2D eigenvalue weighted by atomic mass is 10.1. The minimum Gasteiger partial charge on any atom is -0.472 e. The van der Waals surface area contributed by atoms with Crippen LogP contribution in [0.5, 0.6) is 0 Å². The number of aromatic nitrogens is 2. The Hall–Kier alpha value is -2.68. The summed E-state index contributed by atoms with van der Waals surface area (Å²) >= 11 is 0. The normalized spacial score (nSPS) is 17.9. The summed E-state index contributed by atoms with van der Waals surface area (Å²) in [6, 6.07) is 1.34. The number of furan rings is 1. The van der Waals surface area contributed by atoms with Crippen LogP contribution in [0.4, 0.5) is 0 Å². The molecule has 1 aliphatic rings. The van der Waals surface area contributed by atoms with Crippen molar-refractivity contribution < 1.29 is 18.5 Å². The summed E-state index contributed by atoms with van der Waals surface area (Å²) in [5.41, 5.74) is 0.975. The molecule has 0 unspecified atom stereocenters. The molecule has 1 aliphatic heterocycles. The number of nitrogens with zero attached hydrogens (tertiary/aromatic N) is 4. The number of carbonyl (C=O) groups is 2. The van der Waals surface area contributed by atoms with Crippen LogP contribution in [0.1, 0.15) is 43.5 Å². The second kappa shape index (κ2) is 8.34. The molecule has 1 atom stereocenters. The molecule has 0 aromatic carbocycles. The molecule has 1 N–H and O–H groups in total. The van der Waals surface area contributed by atoms with Crippen molar-refractivity contribution in [1.29, 1.82) is 0 Å². The molecule has 0 aliphatic carbocycles. The summed E-state index contributed by atoms with van der Waals surface area (Å²) in [5.74, 6) is 0.873. The number of hydrogen-bond acceptors (Lipinski definition) is 7. The van der Waals surface area contributed by atoms with Gasteiger partial charge in [-0.25, -0.2) is 0 Å². The van der Waals surface area contributed by atoms with Crippen LogP contribution in [0, 0.1) is 0 Å². The molecule has 9 nitrogen and oxygen atoms in total. The highest BCUT2D eigenvalue weighted by atomic mass is 16.5. The van der Waals surface area contributed by atoms with Crippen molar-refractivity contribution in [1.82, 2.24) is 25.3 Å². The molecule has 0 spiro atoms. The van der Waals surface area contributed by atoms with E-state index in [2.05, 4.69) is 15.5 Å². The van der Waals surface area contributed by atoms with E-state index in [9.17, 15) is 9.59 Å². The van der Waals surface area contributed by atoms with Gasteiger partial charge in [0.1, 0.15) is 0 Å². The highest BCUT2D eigenvalue weighted by molar-refractivity contribution is 5.88. The fraction of sp³-hybridized carbons (Fsp3) is 0.556. The fourth-order valence-electron chi connectivity index (χ4n) is 2.97. The average molecular weight is 375 g/mol. The third kappa shape index (κ3) is 4.73. The molecule has 0 saturated carbocycles. The highest BCUT2D eigenvalue weighted by Crippen LogP contribution is 2.16. The van der Waals surface area contributed by atoms with E-state index >= 15 is 0 Å². The average Bonchev–Trinajstić information content (AvgIpc) is 3.29. The number of hydrogen-bond donors (Lipinski definition) is 1. The molecular weight excluding hydrogens is 350 g/mol. The Morgan fingerprint density at radius 3 is 2.96 bits per heavy atom. The van der Waals surface area contributed by atoms with E-state index in [4.69, 9.17) is 8.94 Å². The standard InChI is InChI=1S/C18H25N5O4/c1-12(2)17-20-15(27-21-17)10-22(3)16(24)8-14-18(25)19-5-6-23(14)9-13-4-7-26-11-13/h4,7,11-12,14H,5-6,8-10H2,1-3H3,(H,19,25)/t14-/m0/s1. The summed E-state index contributed by atoms with van der Waals surface area (Å²) in [4.78, 5) is 32.8. The molecule has 0 radical (unpaired) electrons. The van der Waals surface area contributed by atoms with E-state index in [0.717, 1.165) is 5.56 Å². The van der Waals surface area contributed by atoms with Crippen LogP contribution in [0.15, 0.2) is 27.5 Å². The van der Waals surface area contributed by atoms with Gasteiger partial charge in [0.2, 0.25) is 17.7 Å². The summed E-state index contributed by atoms with van der Waals surface area (Å²) in [5, 5.41) is 6.74. The zero-order valence-corrected chi connectivity index (χ0v) is 15.8. The monoisotopic (exact) mass is 375 g/mol. The SMILES string of the molecule is CC(C)c1noc(CN(C)C(=O)C[C@H]2C(=O)NCCN2Cc2ccoc2)n1. The Labute approximate surface area is 157 Å². The van der Waals surface area contributed by atoms with Crippen molar-refractivity contribution in [3.63, 3.8) is 0 Å². The number of rotatable bonds is 7. The van der Waals surface area contributed by atoms with Crippen LogP contribution < -0.4 is 5.32 Å². The zero-order chi connectivity index (χ0) is 19.4. The molecule has 0 bridgehead atoms. The van der Waals surface area contributed by atoms with Gasteiger partial charge in [0, 0.05) is 38.2 Å². The number of carbonyl (C=O) groups excluding carboxylic acids is 2. The largest absolute Gasteiger partial charge is 0.472 e. The first-order chi connectivity index (χ1) is 12.9. The maximum atomic E-state index is 12.7. The summed E-state index contributed by atoms with van der Waals surface area (Å²) in [7, 11) is 1.67. The smallest absolute Gasteiger partial charge is 0.246 e. The van der Waals surface area contributed by atoms with Crippen LogP contribution in [0.3, 0.4) is 0 Å². The molecule has 1 saturated heterocycles. The summed E-state index contributed by atoms with van der Waals surface area (Å²) in [6.45, 7) is 5.97. The molecule has 2 amide bonds. The van der Waals surface area contributed by atoms with Crippen LogP contribution in [0.25, 0.3) is 0 Å². The number of nitrogens with one attached hydrogen (secondary N) is 1. The van der Waals surface area contributed by atoms with Crippen LogP contribution in [0.2, 0.25) is 0 Å². The first-order valence-electron chi connectivity index (χ1n) is 9.03. The fourth-order valence-corrected chi connectivity index (χ4v) is 2.97. The van der Waals surface area contributed by atoms with E-state index in [1.165, 1.54) is 4.90 Å². The van der Waals surface area contributed by atoms with Gasteiger partial charge in [0.15, 0.2) is 5.82 Å². The second-order valence-electron chi connectivity index (χ2n) is 7.06. The van der Waals surface area contributed by atoms with Gasteiger partial charge in [0.05, 0.1) is 31.5 Å². The van der Waals surface area contributed by atoms with Gasteiger partial charge in [-0.3, -0.25) is 14.5 Å². The Balaban J connectivity index is 1.61. The van der Waals surface area contributed by atoms with Gasteiger partial charge in [-0.05, 0) is 6.07 Å². The van der Waals surface area contributed by atoms with Gasteiger partial charge in [0.25, 0.3) is 0 Å². The lowest BCUT2D eigenvalue weighted by molar-refractivity contribution is -0.138. The number of piperazine rings is 1. The van der Waals surface area contributed by atoms with E-state index < -0.39 is 6.04 Å². The second-order valence-corrected chi connectivity index (χ2v) is 7.06. The Morgan fingerprint density at radius 2 is 2.30 bits per heavy atom. The van der Waals surface area contributed by atoms with Gasteiger partial charge >= 0.3 is 0 Å². The molecule has 3 heterocycles. The van der Waals surface area contributed by atoms with Crippen LogP contribution in [-0.4, -0.2) is 57.9 Å². The first-order valence-corrected chi connectivity index (χ1v) is 9.03. The van der Waals surface area contributed by atoms with Gasteiger partial charge in [-0.15, -0.1) is 0 Å². The van der Waals surface area contributed by atoms with E-state index in [1.807, 2.05) is 24.8 Å². The van der Waals surface area contributed by atoms with Crippen molar-refractivity contribution in [3.8, 4) is 0 Å². The van der Waals surface area contributed by atoms with Gasteiger partial charge in [-0.2, -0.15) is 4.98 Å². The molecule has 146 valence electrons. The summed E-state index contributed by atoms with van der Waals surface area (Å²) < 4.78 is 10.3. The number of amides is 2. The molecule has 2 aromatic rings. The predicted octanol–water partition coefficient (Wildman–Crippen LogP) is 1.14. The maximum Gasteiger partial charge on any atom is 0.246 e. The summed E-state index contributed by atoms with van der Waals surface area (Å²) in [6.07, 6.45) is 3.34. The molecule has 3 rings (SSSR count). The van der Waals surface area contributed by atoms with Crippen molar-refractivity contribution in [3.05, 3.63) is 35.9 Å². The third-order valence-electron chi connectivity index (χ3n) is 4.57.